The average molecular weight is 208 g/mol. The van der Waals surface area contributed by atoms with Gasteiger partial charge in [0.2, 0.25) is 0 Å². The average Bonchev–Trinajstić information content (AvgIpc) is 2.54. The largest absolute Gasteiger partial charge is 0.461 e. The quantitative estimate of drug-likeness (QED) is 0.709. The van der Waals surface area contributed by atoms with Gasteiger partial charge in [0.1, 0.15) is 0 Å². The van der Waals surface area contributed by atoms with Crippen molar-refractivity contribution in [2.45, 2.75) is 20.3 Å². The van der Waals surface area contributed by atoms with Crippen molar-refractivity contribution >= 4 is 12.0 Å². The lowest BCUT2D eigenvalue weighted by Gasteiger charge is -1.99. The van der Waals surface area contributed by atoms with E-state index in [4.69, 9.17) is 4.74 Å². The highest BCUT2D eigenvalue weighted by molar-refractivity contribution is 5.91. The second-order valence-corrected chi connectivity index (χ2v) is 3.11. The molecule has 0 unspecified atom stereocenters. The summed E-state index contributed by atoms with van der Waals surface area (Å²) in [5.41, 5.74) is 2.12. The van der Waals surface area contributed by atoms with Gasteiger partial charge in [-0.25, -0.2) is 4.79 Å². The molecule has 15 heavy (non-hydrogen) atoms. The first-order valence-electron chi connectivity index (χ1n) is 5.01. The molecule has 1 rings (SSSR count). The minimum Gasteiger partial charge on any atom is -0.461 e. The van der Waals surface area contributed by atoms with Crippen molar-refractivity contribution in [3.63, 3.8) is 0 Å². The molecule has 0 aromatic carbocycles. The molecule has 0 spiro atoms. The first-order chi connectivity index (χ1) is 7.15. The number of ether oxygens (including phenoxy) is 1. The molecule has 1 aromatic rings. The lowest BCUT2D eigenvalue weighted by molar-refractivity contribution is 0.0518. The number of rotatable bonds is 4. The van der Waals surface area contributed by atoms with Crippen LogP contribution in [0.25, 0.3) is 6.08 Å². The Hall–Kier alpha value is -1.58. The first-order valence-corrected chi connectivity index (χ1v) is 5.01. The van der Waals surface area contributed by atoms with Crippen molar-refractivity contribution in [3.05, 3.63) is 23.5 Å². The second-order valence-electron chi connectivity index (χ2n) is 3.11. The van der Waals surface area contributed by atoms with Crippen LogP contribution >= 0.6 is 0 Å². The zero-order valence-corrected chi connectivity index (χ0v) is 9.41. The fourth-order valence-electron chi connectivity index (χ4n) is 1.56. The van der Waals surface area contributed by atoms with Gasteiger partial charge in [0.25, 0.3) is 0 Å². The van der Waals surface area contributed by atoms with Crippen LogP contribution in [0.2, 0.25) is 0 Å². The fraction of sp³-hybridized carbons (Fsp3) is 0.455. The third-order valence-corrected chi connectivity index (χ3v) is 2.21. The Morgan fingerprint density at radius 3 is 2.73 bits per heavy atom. The highest BCUT2D eigenvalue weighted by Gasteiger charge is 2.19. The summed E-state index contributed by atoms with van der Waals surface area (Å²) in [5, 5.41) is 4.14. The van der Waals surface area contributed by atoms with Gasteiger partial charge in [0.15, 0.2) is 5.69 Å². The van der Waals surface area contributed by atoms with Crippen LogP contribution in [0.4, 0.5) is 0 Å². The summed E-state index contributed by atoms with van der Waals surface area (Å²) in [6, 6.07) is 0. The lowest BCUT2D eigenvalue weighted by Crippen LogP contribution is -2.07. The standard InChI is InChI=1S/C11H16N2O2/c1-5-8-9(6-2)13(4)12-10(8)11(14)15-7-3/h5H,1,6-7H2,2-4H3. The number of aryl methyl sites for hydroxylation is 1. The number of hydrogen-bond donors (Lipinski definition) is 0. The zero-order chi connectivity index (χ0) is 11.4. The van der Waals surface area contributed by atoms with E-state index in [1.807, 2.05) is 14.0 Å². The van der Waals surface area contributed by atoms with Gasteiger partial charge in [-0.1, -0.05) is 19.6 Å². The Labute approximate surface area is 89.5 Å². The van der Waals surface area contributed by atoms with Gasteiger partial charge in [0.05, 0.1) is 6.61 Å². The summed E-state index contributed by atoms with van der Waals surface area (Å²) in [6.45, 7) is 7.84. The molecule has 1 aromatic heterocycles. The molecule has 0 N–H and O–H groups in total. The van der Waals surface area contributed by atoms with Crippen LogP contribution in [-0.2, 0) is 18.2 Å². The maximum Gasteiger partial charge on any atom is 0.359 e. The van der Waals surface area contributed by atoms with Crippen molar-refractivity contribution in [1.82, 2.24) is 9.78 Å². The summed E-state index contributed by atoms with van der Waals surface area (Å²) < 4.78 is 6.62. The van der Waals surface area contributed by atoms with Crippen LogP contribution < -0.4 is 0 Å². The van der Waals surface area contributed by atoms with Gasteiger partial charge < -0.3 is 4.74 Å². The van der Waals surface area contributed by atoms with Crippen LogP contribution in [0.5, 0.6) is 0 Å². The van der Waals surface area contributed by atoms with Gasteiger partial charge in [-0.2, -0.15) is 5.10 Å². The molecule has 0 saturated heterocycles. The Morgan fingerprint density at radius 2 is 2.27 bits per heavy atom. The predicted octanol–water partition coefficient (Wildman–Crippen LogP) is 1.80. The Kier molecular flexibility index (Phi) is 3.66. The summed E-state index contributed by atoms with van der Waals surface area (Å²) in [6.07, 6.45) is 2.46. The maximum absolute atomic E-state index is 11.6. The number of aromatic nitrogens is 2. The van der Waals surface area contributed by atoms with Crippen LogP contribution in [0, 0.1) is 0 Å². The number of esters is 1. The van der Waals surface area contributed by atoms with Gasteiger partial charge in [-0.05, 0) is 13.3 Å². The molecule has 0 radical (unpaired) electrons. The topological polar surface area (TPSA) is 44.1 Å². The van der Waals surface area contributed by atoms with E-state index in [0.717, 1.165) is 17.7 Å². The van der Waals surface area contributed by atoms with Gasteiger partial charge in [-0.3, -0.25) is 4.68 Å². The van der Waals surface area contributed by atoms with Crippen LogP contribution in [-0.4, -0.2) is 22.4 Å². The molecular formula is C11H16N2O2. The molecule has 82 valence electrons. The monoisotopic (exact) mass is 208 g/mol. The minimum absolute atomic E-state index is 0.353. The third kappa shape index (κ3) is 2.09. The van der Waals surface area contributed by atoms with Crippen molar-refractivity contribution in [1.29, 1.82) is 0 Å². The summed E-state index contributed by atoms with van der Waals surface area (Å²) in [4.78, 5) is 11.6. The highest BCUT2D eigenvalue weighted by Crippen LogP contribution is 2.16. The van der Waals surface area contributed by atoms with Gasteiger partial charge in [0, 0.05) is 18.3 Å². The molecule has 0 fully saturated rings. The van der Waals surface area contributed by atoms with Gasteiger partial charge >= 0.3 is 5.97 Å². The van der Waals surface area contributed by atoms with E-state index in [1.54, 1.807) is 17.7 Å². The van der Waals surface area contributed by atoms with E-state index in [-0.39, 0.29) is 5.97 Å². The van der Waals surface area contributed by atoms with E-state index < -0.39 is 0 Å². The molecule has 0 aliphatic rings. The number of hydrogen-bond acceptors (Lipinski definition) is 3. The number of carbonyl (C=O) groups is 1. The first kappa shape index (κ1) is 11.5. The number of carbonyl (C=O) groups excluding carboxylic acids is 1. The van der Waals surface area contributed by atoms with E-state index >= 15 is 0 Å². The minimum atomic E-state index is -0.386. The Bertz CT molecular complexity index is 380. The summed E-state index contributed by atoms with van der Waals surface area (Å²) in [7, 11) is 1.81. The van der Waals surface area contributed by atoms with Crippen molar-refractivity contribution in [2.24, 2.45) is 7.05 Å². The van der Waals surface area contributed by atoms with Crippen molar-refractivity contribution in [3.8, 4) is 0 Å². The number of nitrogens with zero attached hydrogens (tertiary/aromatic N) is 2. The molecule has 0 amide bonds. The van der Waals surface area contributed by atoms with E-state index in [1.165, 1.54) is 0 Å². The SMILES string of the molecule is C=Cc1c(C(=O)OCC)nn(C)c1CC. The van der Waals surface area contributed by atoms with E-state index in [0.29, 0.717) is 12.3 Å². The summed E-state index contributed by atoms with van der Waals surface area (Å²) in [5.74, 6) is -0.386. The van der Waals surface area contributed by atoms with Crippen molar-refractivity contribution < 1.29 is 9.53 Å². The molecule has 0 aliphatic carbocycles. The van der Waals surface area contributed by atoms with Crippen LogP contribution in [0.3, 0.4) is 0 Å². The highest BCUT2D eigenvalue weighted by atomic mass is 16.5. The molecule has 0 aliphatic heterocycles. The predicted molar refractivity (Wildman–Crippen MR) is 58.6 cm³/mol. The molecule has 1 heterocycles. The molecule has 0 saturated carbocycles. The van der Waals surface area contributed by atoms with Crippen LogP contribution in [0.15, 0.2) is 6.58 Å². The van der Waals surface area contributed by atoms with E-state index in [9.17, 15) is 4.79 Å². The Morgan fingerprint density at radius 1 is 1.60 bits per heavy atom. The molecule has 4 heteroatoms. The molecular weight excluding hydrogens is 192 g/mol. The van der Waals surface area contributed by atoms with Gasteiger partial charge in [-0.15, -0.1) is 0 Å². The third-order valence-electron chi connectivity index (χ3n) is 2.21. The molecule has 0 bridgehead atoms. The Balaban J connectivity index is 3.18. The molecule has 0 atom stereocenters. The summed E-state index contributed by atoms with van der Waals surface area (Å²) >= 11 is 0. The zero-order valence-electron chi connectivity index (χ0n) is 9.41. The smallest absolute Gasteiger partial charge is 0.359 e. The molecule has 4 nitrogen and oxygen atoms in total. The van der Waals surface area contributed by atoms with Crippen molar-refractivity contribution in [2.75, 3.05) is 6.61 Å². The lowest BCUT2D eigenvalue weighted by atomic mass is 10.1. The van der Waals surface area contributed by atoms with Crippen LogP contribution in [0.1, 0.15) is 35.6 Å². The fourth-order valence-corrected chi connectivity index (χ4v) is 1.56. The second kappa shape index (κ2) is 4.77. The normalized spacial score (nSPS) is 10.1. The van der Waals surface area contributed by atoms with E-state index in [2.05, 4.69) is 11.7 Å². The maximum atomic E-state index is 11.6.